The fourth-order valence-corrected chi connectivity index (χ4v) is 3.03. The number of carbonyl (C=O) groups is 1. The Kier molecular flexibility index (Phi) is 5.54. The second kappa shape index (κ2) is 9.13. The number of ether oxygens (including phenoxy) is 1. The number of nitrogens with two attached hydrogens (primary N) is 1. The highest BCUT2D eigenvalue weighted by molar-refractivity contribution is 7.86. The fourth-order valence-electron chi connectivity index (χ4n) is 2.18. The van der Waals surface area contributed by atoms with Crippen LogP contribution in [-0.4, -0.2) is 20.4 Å². The van der Waals surface area contributed by atoms with Gasteiger partial charge in [-0.1, -0.05) is 42.0 Å². The maximum atomic E-state index is 13.1. The van der Waals surface area contributed by atoms with Gasteiger partial charge in [0.2, 0.25) is 17.4 Å². The number of halogens is 1. The van der Waals surface area contributed by atoms with E-state index in [4.69, 9.17) is 24.2 Å². The van der Waals surface area contributed by atoms with E-state index in [9.17, 15) is 17.6 Å². The number of carbonyl (C=O) groups excluding carboxylic acids is 3. The lowest BCUT2D eigenvalue weighted by molar-refractivity contribution is -0.191. The summed E-state index contributed by atoms with van der Waals surface area (Å²) in [6, 6.07) is 9.77. The summed E-state index contributed by atoms with van der Waals surface area (Å²) in [6.07, 6.45) is -2.12. The molecule has 2 aromatic rings. The number of ketones is 1. The van der Waals surface area contributed by atoms with Gasteiger partial charge in [0.25, 0.3) is 0 Å². The van der Waals surface area contributed by atoms with E-state index in [1.54, 1.807) is 19.1 Å². The molecule has 1 unspecified atom stereocenters. The van der Waals surface area contributed by atoms with Crippen LogP contribution in [0.1, 0.15) is 26.9 Å². The molecule has 10 heteroatoms. The molecule has 3 rings (SSSR count). The molecule has 0 saturated heterocycles. The molecule has 2 N–H and O–H groups in total. The van der Waals surface area contributed by atoms with E-state index in [0.717, 1.165) is 29.8 Å². The van der Waals surface area contributed by atoms with Crippen LogP contribution in [0, 0.1) is 12.7 Å². The Labute approximate surface area is 170 Å². The molecule has 1 aliphatic rings. The molecule has 0 bridgehead atoms. The lowest BCUT2D eigenvalue weighted by Crippen LogP contribution is -2.16. The van der Waals surface area contributed by atoms with Gasteiger partial charge in [0.15, 0.2) is 6.08 Å². The Morgan fingerprint density at radius 3 is 2.31 bits per heavy atom. The van der Waals surface area contributed by atoms with Crippen LogP contribution in [0.15, 0.2) is 60.2 Å². The second-order valence-corrected chi connectivity index (χ2v) is 6.83. The Balaban J connectivity index is 0.00000114. The quantitative estimate of drug-likeness (QED) is 0.720. The number of hydrogen-bond donors (Lipinski definition) is 1. The van der Waals surface area contributed by atoms with Crippen LogP contribution in [0.3, 0.4) is 0 Å². The first-order chi connectivity index (χ1) is 14.8. The van der Waals surface area contributed by atoms with Gasteiger partial charge in [0.1, 0.15) is 11.5 Å². The van der Waals surface area contributed by atoms with Gasteiger partial charge in [-0.15, -0.1) is 0 Å². The third kappa shape index (κ3) is 5.74. The molecule has 0 aromatic heterocycles. The van der Waals surface area contributed by atoms with E-state index in [2.05, 4.69) is 4.18 Å². The van der Waals surface area contributed by atoms with Crippen LogP contribution in [-0.2, 0) is 39.1 Å². The normalized spacial score (nSPS) is 20.3. The Morgan fingerprint density at radius 2 is 1.76 bits per heavy atom. The van der Waals surface area contributed by atoms with Crippen LogP contribution in [0.4, 0.5) is 4.39 Å². The molecular formula is C19H16FNO7S. The summed E-state index contributed by atoms with van der Waals surface area (Å²) in [6.45, 7) is 1.79. The Morgan fingerprint density at radius 1 is 1.21 bits per heavy atom. The van der Waals surface area contributed by atoms with Crippen molar-refractivity contribution in [3.8, 4) is 0 Å². The number of hydrogen-bond acceptors (Lipinski definition) is 8. The van der Waals surface area contributed by atoms with Crippen molar-refractivity contribution < 1.29 is 40.2 Å². The first-order valence-corrected chi connectivity index (χ1v) is 9.21. The SMILES string of the molecule is O=C=O.[2H]C1(c2ccc(C)cc2)OC(N)=C(OS(=O)(=O)C([2H])([2H])c2ccc(F)cc2)C1=O. The largest absolute Gasteiger partial charge is 0.460 e. The molecule has 1 atom stereocenters. The first-order valence-electron chi connectivity index (χ1n) is 9.30. The van der Waals surface area contributed by atoms with Crippen LogP contribution in [0.5, 0.6) is 0 Å². The summed E-state index contributed by atoms with van der Waals surface area (Å²) in [4.78, 5) is 28.9. The minimum atomic E-state index is -5.13. The summed E-state index contributed by atoms with van der Waals surface area (Å²) in [7, 11) is -5.13. The van der Waals surface area contributed by atoms with Crippen LogP contribution >= 0.6 is 0 Å². The van der Waals surface area contributed by atoms with Crippen molar-refractivity contribution in [1.82, 2.24) is 0 Å². The molecule has 0 saturated carbocycles. The number of benzene rings is 2. The van der Waals surface area contributed by atoms with Crippen molar-refractivity contribution in [2.45, 2.75) is 18.7 Å². The Hall–Kier alpha value is -3.49. The standard InChI is InChI=1S/C18H16FNO5S.CO2/c1-11-2-6-13(7-3-11)16-15(21)17(18(20)24-16)25-26(22,23)10-12-4-8-14(19)9-5-12;2-1-3/h2-9,16H,10,20H2,1H3;/i10D2,16D;. The molecule has 0 aliphatic carbocycles. The highest BCUT2D eigenvalue weighted by Gasteiger charge is 2.39. The molecule has 0 radical (unpaired) electrons. The highest BCUT2D eigenvalue weighted by atomic mass is 32.2. The van der Waals surface area contributed by atoms with Gasteiger partial charge in [0, 0.05) is 5.56 Å². The molecule has 8 nitrogen and oxygen atoms in total. The van der Waals surface area contributed by atoms with Gasteiger partial charge in [-0.3, -0.25) is 4.79 Å². The Bertz CT molecular complexity index is 1190. The van der Waals surface area contributed by atoms with Gasteiger partial charge >= 0.3 is 16.3 Å². The lowest BCUT2D eigenvalue weighted by Gasteiger charge is -2.10. The maximum absolute atomic E-state index is 13.1. The molecule has 1 aliphatic heterocycles. The smallest absolute Gasteiger partial charge is 0.373 e. The average molecular weight is 424 g/mol. The first kappa shape index (κ1) is 17.6. The zero-order valence-electron chi connectivity index (χ0n) is 17.8. The third-order valence-corrected chi connectivity index (χ3v) is 4.31. The van der Waals surface area contributed by atoms with Gasteiger partial charge in [-0.25, -0.2) is 4.39 Å². The summed E-state index contributed by atoms with van der Waals surface area (Å²) in [5.74, 6) is -3.64. The molecule has 29 heavy (non-hydrogen) atoms. The van der Waals surface area contributed by atoms with Crippen molar-refractivity contribution in [3.63, 3.8) is 0 Å². The fraction of sp³-hybridized carbons (Fsp3) is 0.158. The number of Topliss-reactive ketones (excluding diaryl/α,β-unsaturated/α-hetero) is 1. The number of aryl methyl sites for hydroxylation is 1. The monoisotopic (exact) mass is 424 g/mol. The van der Waals surface area contributed by atoms with E-state index in [-0.39, 0.29) is 11.7 Å². The van der Waals surface area contributed by atoms with Gasteiger partial charge in [-0.2, -0.15) is 18.0 Å². The summed E-state index contributed by atoms with van der Waals surface area (Å²) in [5, 5.41) is 0. The van der Waals surface area contributed by atoms with E-state index in [0.29, 0.717) is 0 Å². The molecular weight excluding hydrogens is 405 g/mol. The van der Waals surface area contributed by atoms with Crippen LogP contribution in [0.2, 0.25) is 0 Å². The van der Waals surface area contributed by atoms with E-state index >= 15 is 0 Å². The van der Waals surface area contributed by atoms with Gasteiger partial charge in [0.05, 0.1) is 4.11 Å². The molecule has 2 aromatic carbocycles. The molecule has 0 amide bonds. The zero-order chi connectivity index (χ0) is 24.3. The van der Waals surface area contributed by atoms with Crippen LogP contribution < -0.4 is 5.73 Å². The predicted molar refractivity (Wildman–Crippen MR) is 96.3 cm³/mol. The summed E-state index contributed by atoms with van der Waals surface area (Å²) in [5.41, 5.74) is 2.97. The third-order valence-electron chi connectivity index (χ3n) is 3.44. The van der Waals surface area contributed by atoms with Crippen molar-refractivity contribution in [1.29, 1.82) is 0 Å². The molecule has 0 spiro atoms. The topological polar surface area (TPSA) is 130 Å². The summed E-state index contributed by atoms with van der Waals surface area (Å²) < 4.78 is 72.0. The second-order valence-electron chi connectivity index (χ2n) is 5.55. The van der Waals surface area contributed by atoms with Crippen LogP contribution in [0.25, 0.3) is 0 Å². The van der Waals surface area contributed by atoms with Crippen molar-refractivity contribution in [2.75, 3.05) is 0 Å². The minimum absolute atomic E-state index is 0.0913. The predicted octanol–water partition coefficient (Wildman–Crippen LogP) is 1.87. The van der Waals surface area contributed by atoms with E-state index in [1.807, 2.05) is 0 Å². The molecule has 0 fully saturated rings. The average Bonchev–Trinajstić information content (AvgIpc) is 2.93. The van der Waals surface area contributed by atoms with Gasteiger partial charge < -0.3 is 14.7 Å². The molecule has 152 valence electrons. The highest BCUT2D eigenvalue weighted by Crippen LogP contribution is 2.32. The van der Waals surface area contributed by atoms with Gasteiger partial charge in [-0.05, 0) is 24.6 Å². The van der Waals surface area contributed by atoms with Crippen molar-refractivity contribution in [2.24, 2.45) is 5.73 Å². The van der Waals surface area contributed by atoms with Crippen molar-refractivity contribution in [3.05, 3.63) is 82.7 Å². The van der Waals surface area contributed by atoms with Crippen molar-refractivity contribution >= 4 is 22.1 Å². The summed E-state index contributed by atoms with van der Waals surface area (Å²) >= 11 is 0. The zero-order valence-corrected chi connectivity index (χ0v) is 15.7. The lowest BCUT2D eigenvalue weighted by atomic mass is 10.0. The van der Waals surface area contributed by atoms with E-state index < -0.39 is 50.7 Å². The maximum Gasteiger partial charge on any atom is 0.373 e. The number of rotatable bonds is 5. The van der Waals surface area contributed by atoms with E-state index in [1.165, 1.54) is 12.1 Å². The molecule has 1 heterocycles. The minimum Gasteiger partial charge on any atom is -0.460 e.